The number of ether oxygens (including phenoxy) is 1. The quantitative estimate of drug-likeness (QED) is 0.415. The molecule has 0 spiro atoms. The Balaban J connectivity index is 2.23. The van der Waals surface area contributed by atoms with Gasteiger partial charge in [0.25, 0.3) is 0 Å². The number of carbonyl (C=O) groups is 1. The Kier molecular flexibility index (Phi) is 7.39. The molecule has 2 aromatic carbocycles. The molecule has 0 bridgehead atoms. The predicted molar refractivity (Wildman–Crippen MR) is 117 cm³/mol. The molecule has 0 aliphatic carbocycles. The normalized spacial score (nSPS) is 11.7. The molecule has 7 heteroatoms. The number of carbonyl (C=O) groups excluding carboxylic acids is 1. The van der Waals surface area contributed by atoms with E-state index in [4.69, 9.17) is 17.6 Å². The topological polar surface area (TPSA) is 51.2 Å². The van der Waals surface area contributed by atoms with E-state index in [-0.39, 0.29) is 29.1 Å². The van der Waals surface area contributed by atoms with E-state index in [2.05, 4.69) is 5.32 Å². The first-order chi connectivity index (χ1) is 15.0. The van der Waals surface area contributed by atoms with Gasteiger partial charge in [0.05, 0.1) is 20.1 Å². The molecule has 1 N–H and O–H groups in total. The van der Waals surface area contributed by atoms with Crippen LogP contribution in [0.4, 0.5) is 8.78 Å². The van der Waals surface area contributed by atoms with Crippen LogP contribution in [0.2, 0.25) is 0 Å². The van der Waals surface area contributed by atoms with Gasteiger partial charge >= 0.3 is 0 Å². The molecule has 1 unspecified atom stereocenters. The summed E-state index contributed by atoms with van der Waals surface area (Å²) in [5.74, 6) is -1.29. The summed E-state index contributed by atoms with van der Waals surface area (Å²) < 4.78 is 34.6. The molecule has 0 aliphatic rings. The minimum Gasteiger partial charge on any atom is -0.491 e. The van der Waals surface area contributed by atoms with Crippen molar-refractivity contribution in [3.05, 3.63) is 82.5 Å². The van der Waals surface area contributed by atoms with Crippen molar-refractivity contribution in [3.63, 3.8) is 0 Å². The molecule has 3 aromatic rings. The Hall–Kier alpha value is -3.22. The van der Waals surface area contributed by atoms with E-state index in [9.17, 15) is 13.6 Å². The molecule has 31 heavy (non-hydrogen) atoms. The predicted octanol–water partition coefficient (Wildman–Crippen LogP) is 4.28. The van der Waals surface area contributed by atoms with E-state index in [1.807, 2.05) is 50.2 Å². The third-order valence-electron chi connectivity index (χ3n) is 5.04. The molecule has 0 fully saturated rings. The monoisotopic (exact) mass is 420 g/mol. The smallest absolute Gasteiger partial charge is 0.207 e. The van der Waals surface area contributed by atoms with Gasteiger partial charge < -0.3 is 10.1 Å². The lowest BCUT2D eigenvalue weighted by Gasteiger charge is -2.21. The van der Waals surface area contributed by atoms with Crippen molar-refractivity contribution in [1.82, 2.24) is 10.3 Å². The largest absolute Gasteiger partial charge is 0.491 e. The van der Waals surface area contributed by atoms with Crippen LogP contribution in [-0.4, -0.2) is 32.4 Å². The fraction of sp³-hybridized carbons (Fsp3) is 0.250. The van der Waals surface area contributed by atoms with Crippen LogP contribution in [-0.2, 0) is 11.1 Å². The number of pyridine rings is 1. The maximum Gasteiger partial charge on any atom is 0.207 e. The molecule has 158 valence electrons. The molecule has 3 rings (SSSR count). The third kappa shape index (κ3) is 4.93. The number of nitrogens with one attached hydrogen (secondary N) is 1. The minimum atomic E-state index is -0.748. The Morgan fingerprint density at radius 3 is 2.55 bits per heavy atom. The fourth-order valence-electron chi connectivity index (χ4n) is 3.55. The molecule has 4 nitrogen and oxygen atoms in total. The molecular formula is C24H23BF2N2O2. The van der Waals surface area contributed by atoms with Crippen molar-refractivity contribution in [1.29, 1.82) is 0 Å². The van der Waals surface area contributed by atoms with Crippen LogP contribution < -0.4 is 10.1 Å². The maximum atomic E-state index is 14.8. The summed E-state index contributed by atoms with van der Waals surface area (Å²) in [7, 11) is 5.63. The van der Waals surface area contributed by atoms with Crippen LogP contribution in [0.1, 0.15) is 35.2 Å². The van der Waals surface area contributed by atoms with Crippen molar-refractivity contribution in [2.75, 3.05) is 13.2 Å². The average molecular weight is 420 g/mol. The molecule has 1 atom stereocenters. The SMILES string of the molecule is [B]Cc1cc(-c2nc(C(CNC=O)c3ccccc3)cc(C)c2OCC)c(F)cc1F. The van der Waals surface area contributed by atoms with E-state index in [1.165, 1.54) is 6.07 Å². The highest BCUT2D eigenvalue weighted by atomic mass is 19.1. The van der Waals surface area contributed by atoms with Gasteiger partial charge in [0.2, 0.25) is 6.41 Å². The van der Waals surface area contributed by atoms with Gasteiger partial charge in [-0.05, 0) is 42.7 Å². The number of benzene rings is 2. The lowest BCUT2D eigenvalue weighted by molar-refractivity contribution is -0.109. The van der Waals surface area contributed by atoms with Crippen molar-refractivity contribution in [2.45, 2.75) is 26.1 Å². The van der Waals surface area contributed by atoms with E-state index < -0.39 is 11.6 Å². The highest BCUT2D eigenvalue weighted by molar-refractivity contribution is 6.08. The zero-order chi connectivity index (χ0) is 22.4. The van der Waals surface area contributed by atoms with E-state index >= 15 is 0 Å². The summed E-state index contributed by atoms with van der Waals surface area (Å²) >= 11 is 0. The van der Waals surface area contributed by atoms with Crippen molar-refractivity contribution in [2.24, 2.45) is 0 Å². The Morgan fingerprint density at radius 2 is 1.90 bits per heavy atom. The zero-order valence-electron chi connectivity index (χ0n) is 17.5. The van der Waals surface area contributed by atoms with Crippen LogP contribution >= 0.6 is 0 Å². The fourth-order valence-corrected chi connectivity index (χ4v) is 3.55. The average Bonchev–Trinajstić information content (AvgIpc) is 2.77. The second-order valence-corrected chi connectivity index (χ2v) is 7.09. The van der Waals surface area contributed by atoms with Gasteiger partial charge in [-0.2, -0.15) is 0 Å². The molecular weight excluding hydrogens is 397 g/mol. The van der Waals surface area contributed by atoms with Gasteiger partial charge in [-0.15, -0.1) is 0 Å². The summed E-state index contributed by atoms with van der Waals surface area (Å²) in [4.78, 5) is 15.7. The zero-order valence-corrected chi connectivity index (χ0v) is 17.5. The van der Waals surface area contributed by atoms with Gasteiger partial charge in [0.1, 0.15) is 23.1 Å². The van der Waals surface area contributed by atoms with Crippen molar-refractivity contribution < 1.29 is 18.3 Å². The molecule has 0 saturated carbocycles. The number of nitrogens with zero attached hydrogens (tertiary/aromatic N) is 1. The number of aryl methyl sites for hydroxylation is 1. The molecule has 1 aromatic heterocycles. The third-order valence-corrected chi connectivity index (χ3v) is 5.04. The second kappa shape index (κ2) is 10.2. The number of halogens is 2. The van der Waals surface area contributed by atoms with E-state index in [0.717, 1.165) is 17.2 Å². The number of hydrogen-bond donors (Lipinski definition) is 1. The Bertz CT molecular complexity index is 1060. The molecule has 0 saturated heterocycles. The van der Waals surface area contributed by atoms with Crippen LogP contribution in [0, 0.1) is 18.6 Å². The summed E-state index contributed by atoms with van der Waals surface area (Å²) in [6.45, 7) is 4.34. The van der Waals surface area contributed by atoms with Gasteiger partial charge in [-0.3, -0.25) is 4.79 Å². The number of aromatic nitrogens is 1. The summed E-state index contributed by atoms with van der Waals surface area (Å²) in [6.07, 6.45) is 0.559. The van der Waals surface area contributed by atoms with E-state index in [0.29, 0.717) is 31.0 Å². The molecule has 0 aliphatic heterocycles. The van der Waals surface area contributed by atoms with Gasteiger partial charge in [-0.1, -0.05) is 36.7 Å². The standard InChI is InChI=1S/C24H23BF2N2O2/c1-3-31-24-15(2)9-22(19(13-28-14-30)16-7-5-4-6-8-16)29-23(24)18-10-17(12-25)20(26)11-21(18)27/h4-11,14,19H,3,12-13H2,1-2H3,(H,28,30). The van der Waals surface area contributed by atoms with Crippen LogP contribution in [0.25, 0.3) is 11.3 Å². The van der Waals surface area contributed by atoms with E-state index in [1.54, 1.807) is 0 Å². The number of amides is 1. The number of rotatable bonds is 9. The van der Waals surface area contributed by atoms with Crippen LogP contribution in [0.15, 0.2) is 48.5 Å². The number of hydrogen-bond acceptors (Lipinski definition) is 3. The summed E-state index contributed by atoms with van der Waals surface area (Å²) in [5.41, 5.74) is 2.91. The lowest BCUT2D eigenvalue weighted by atomic mass is 9.91. The summed E-state index contributed by atoms with van der Waals surface area (Å²) in [5, 5.41) is 2.71. The van der Waals surface area contributed by atoms with Gasteiger partial charge in [0.15, 0.2) is 0 Å². The van der Waals surface area contributed by atoms with Crippen LogP contribution in [0.5, 0.6) is 5.75 Å². The maximum absolute atomic E-state index is 14.8. The Labute approximate surface area is 182 Å². The molecule has 1 heterocycles. The Morgan fingerprint density at radius 1 is 1.16 bits per heavy atom. The first-order valence-corrected chi connectivity index (χ1v) is 10.0. The lowest BCUT2D eigenvalue weighted by Crippen LogP contribution is -2.22. The second-order valence-electron chi connectivity index (χ2n) is 7.09. The highest BCUT2D eigenvalue weighted by Gasteiger charge is 2.23. The first kappa shape index (κ1) is 22.5. The first-order valence-electron chi connectivity index (χ1n) is 10.0. The minimum absolute atomic E-state index is 0.0718. The highest BCUT2D eigenvalue weighted by Crippen LogP contribution is 2.37. The van der Waals surface area contributed by atoms with Crippen LogP contribution in [0.3, 0.4) is 0 Å². The van der Waals surface area contributed by atoms with Gasteiger partial charge in [0, 0.05) is 24.1 Å². The summed E-state index contributed by atoms with van der Waals surface area (Å²) in [6, 6.07) is 13.6. The van der Waals surface area contributed by atoms with Crippen molar-refractivity contribution >= 4 is 14.3 Å². The molecule has 1 amide bonds. The van der Waals surface area contributed by atoms with Crippen molar-refractivity contribution in [3.8, 4) is 17.0 Å². The molecule has 2 radical (unpaired) electrons. The van der Waals surface area contributed by atoms with Gasteiger partial charge in [-0.25, -0.2) is 13.8 Å².